The highest BCUT2D eigenvalue weighted by Crippen LogP contribution is 2.35. The Morgan fingerprint density at radius 3 is 3.00 bits per heavy atom. The molecule has 1 unspecified atom stereocenters. The van der Waals surface area contributed by atoms with Crippen molar-refractivity contribution < 1.29 is 4.74 Å². The first-order chi connectivity index (χ1) is 11.3. The summed E-state index contributed by atoms with van der Waals surface area (Å²) in [4.78, 5) is 8.37. The quantitative estimate of drug-likeness (QED) is 0.732. The zero-order chi connectivity index (χ0) is 15.6. The van der Waals surface area contributed by atoms with Crippen LogP contribution in [0, 0.1) is 0 Å². The van der Waals surface area contributed by atoms with E-state index in [2.05, 4.69) is 50.3 Å². The van der Waals surface area contributed by atoms with Gasteiger partial charge in [0.2, 0.25) is 0 Å². The molecule has 3 aromatic rings. The second-order valence-corrected chi connectivity index (χ2v) is 6.77. The second kappa shape index (κ2) is 6.18. The summed E-state index contributed by atoms with van der Waals surface area (Å²) in [7, 11) is 1.74. The molecule has 0 spiro atoms. The van der Waals surface area contributed by atoms with E-state index in [1.54, 1.807) is 18.4 Å². The predicted octanol–water partition coefficient (Wildman–Crippen LogP) is 3.71. The number of aromatic nitrogens is 2. The molecule has 118 valence electrons. The fraction of sp³-hybridized carbons (Fsp3) is 0.278. The number of thiophene rings is 1. The van der Waals surface area contributed by atoms with Crippen molar-refractivity contribution in [2.24, 2.45) is 0 Å². The van der Waals surface area contributed by atoms with Gasteiger partial charge in [0.15, 0.2) is 0 Å². The molecule has 3 heterocycles. The maximum atomic E-state index is 5.60. The van der Waals surface area contributed by atoms with Gasteiger partial charge < -0.3 is 9.30 Å². The summed E-state index contributed by atoms with van der Waals surface area (Å²) in [6.07, 6.45) is 3.96. The number of methoxy groups -OCH3 is 1. The molecular weight excluding hydrogens is 306 g/mol. The van der Waals surface area contributed by atoms with Crippen molar-refractivity contribution in [3.05, 3.63) is 70.4 Å². The molecule has 1 atom stereocenters. The Balaban J connectivity index is 1.71. The largest absolute Gasteiger partial charge is 0.496 e. The Bertz CT molecular complexity index is 781. The molecule has 0 bridgehead atoms. The summed E-state index contributed by atoms with van der Waals surface area (Å²) in [5, 5.41) is 2.14. The Labute approximate surface area is 140 Å². The van der Waals surface area contributed by atoms with E-state index in [9.17, 15) is 0 Å². The number of ether oxygens (including phenoxy) is 1. The van der Waals surface area contributed by atoms with Gasteiger partial charge in [-0.2, -0.15) is 0 Å². The highest BCUT2D eigenvalue weighted by atomic mass is 32.1. The molecular formula is C18H19N3OS. The van der Waals surface area contributed by atoms with Gasteiger partial charge in [0, 0.05) is 35.9 Å². The van der Waals surface area contributed by atoms with Crippen LogP contribution in [-0.4, -0.2) is 21.6 Å². The number of rotatable bonds is 4. The van der Waals surface area contributed by atoms with Crippen LogP contribution in [-0.2, 0) is 19.6 Å². The first kappa shape index (κ1) is 14.5. The zero-order valence-corrected chi connectivity index (χ0v) is 13.9. The molecule has 0 fully saturated rings. The third-order valence-electron chi connectivity index (χ3n) is 4.39. The van der Waals surface area contributed by atoms with Crippen LogP contribution in [0.4, 0.5) is 0 Å². The van der Waals surface area contributed by atoms with Crippen molar-refractivity contribution in [3.63, 3.8) is 0 Å². The molecule has 0 saturated carbocycles. The molecule has 0 saturated heterocycles. The standard InChI is InChI=1S/C18H19N3OS/c1-22-17-7-3-2-6-15(17)16-12-20-9-8-19-18(20)13-21(16)11-14-5-4-10-23-14/h2-10,16H,11-13H2,1H3. The minimum Gasteiger partial charge on any atom is -0.496 e. The Hall–Kier alpha value is -2.11. The molecule has 0 amide bonds. The van der Waals surface area contributed by atoms with Crippen LogP contribution < -0.4 is 4.74 Å². The lowest BCUT2D eigenvalue weighted by Crippen LogP contribution is -2.36. The van der Waals surface area contributed by atoms with Crippen LogP contribution >= 0.6 is 11.3 Å². The molecule has 4 rings (SSSR count). The van der Waals surface area contributed by atoms with Crippen molar-refractivity contribution in [1.82, 2.24) is 14.5 Å². The molecule has 4 nitrogen and oxygen atoms in total. The van der Waals surface area contributed by atoms with Crippen molar-refractivity contribution in [2.45, 2.75) is 25.7 Å². The number of fused-ring (bicyclic) bond motifs is 1. The minimum absolute atomic E-state index is 0.287. The Kier molecular flexibility index (Phi) is 3.89. The molecule has 0 radical (unpaired) electrons. The zero-order valence-electron chi connectivity index (χ0n) is 13.1. The molecule has 1 aliphatic rings. The van der Waals surface area contributed by atoms with Crippen LogP contribution in [0.5, 0.6) is 5.75 Å². The predicted molar refractivity (Wildman–Crippen MR) is 91.5 cm³/mol. The first-order valence-corrected chi connectivity index (χ1v) is 8.62. The van der Waals surface area contributed by atoms with Gasteiger partial charge in [0.25, 0.3) is 0 Å². The van der Waals surface area contributed by atoms with E-state index >= 15 is 0 Å². The van der Waals surface area contributed by atoms with Gasteiger partial charge in [-0.3, -0.25) is 4.90 Å². The summed E-state index contributed by atoms with van der Waals surface area (Å²) < 4.78 is 7.85. The van der Waals surface area contributed by atoms with E-state index < -0.39 is 0 Å². The lowest BCUT2D eigenvalue weighted by Gasteiger charge is -2.36. The maximum Gasteiger partial charge on any atom is 0.123 e. The van der Waals surface area contributed by atoms with Gasteiger partial charge >= 0.3 is 0 Å². The third-order valence-corrected chi connectivity index (χ3v) is 5.25. The minimum atomic E-state index is 0.287. The van der Waals surface area contributed by atoms with E-state index in [4.69, 9.17) is 4.74 Å². The van der Waals surface area contributed by atoms with E-state index in [0.717, 1.165) is 31.2 Å². The monoisotopic (exact) mass is 325 g/mol. The fourth-order valence-electron chi connectivity index (χ4n) is 3.26. The van der Waals surface area contributed by atoms with E-state index in [-0.39, 0.29) is 6.04 Å². The average molecular weight is 325 g/mol. The third kappa shape index (κ3) is 2.78. The van der Waals surface area contributed by atoms with Crippen molar-refractivity contribution in [3.8, 4) is 5.75 Å². The smallest absolute Gasteiger partial charge is 0.123 e. The average Bonchev–Trinajstić information content (AvgIpc) is 3.25. The van der Waals surface area contributed by atoms with Gasteiger partial charge in [0.05, 0.1) is 19.7 Å². The Morgan fingerprint density at radius 2 is 2.17 bits per heavy atom. The van der Waals surface area contributed by atoms with Gasteiger partial charge in [0.1, 0.15) is 11.6 Å². The fourth-order valence-corrected chi connectivity index (χ4v) is 3.99. The summed E-state index contributed by atoms with van der Waals surface area (Å²) in [6, 6.07) is 12.9. The van der Waals surface area contributed by atoms with Crippen molar-refractivity contribution in [1.29, 1.82) is 0 Å². The van der Waals surface area contributed by atoms with Crippen molar-refractivity contribution in [2.75, 3.05) is 7.11 Å². The van der Waals surface area contributed by atoms with Crippen molar-refractivity contribution >= 4 is 11.3 Å². The summed E-state index contributed by atoms with van der Waals surface area (Å²) >= 11 is 1.81. The Morgan fingerprint density at radius 1 is 1.26 bits per heavy atom. The van der Waals surface area contributed by atoms with Gasteiger partial charge in [-0.1, -0.05) is 24.3 Å². The number of hydrogen-bond acceptors (Lipinski definition) is 4. The van der Waals surface area contributed by atoms with Crippen LogP contribution in [0.3, 0.4) is 0 Å². The van der Waals surface area contributed by atoms with E-state index in [1.165, 1.54) is 10.4 Å². The summed E-state index contributed by atoms with van der Waals surface area (Å²) in [5.74, 6) is 2.09. The van der Waals surface area contributed by atoms with E-state index in [1.807, 2.05) is 18.3 Å². The lowest BCUT2D eigenvalue weighted by molar-refractivity contribution is 0.127. The number of imidazole rings is 1. The van der Waals surface area contributed by atoms with Crippen LogP contribution in [0.25, 0.3) is 0 Å². The number of hydrogen-bond donors (Lipinski definition) is 0. The summed E-state index contributed by atoms with van der Waals surface area (Å²) in [6.45, 7) is 2.70. The highest BCUT2D eigenvalue weighted by Gasteiger charge is 2.29. The van der Waals surface area contributed by atoms with Crippen LogP contribution in [0.2, 0.25) is 0 Å². The molecule has 1 aliphatic heterocycles. The number of benzene rings is 1. The second-order valence-electron chi connectivity index (χ2n) is 5.74. The van der Waals surface area contributed by atoms with Crippen LogP contribution in [0.15, 0.2) is 54.2 Å². The molecule has 23 heavy (non-hydrogen) atoms. The number of para-hydroxylation sites is 1. The van der Waals surface area contributed by atoms with Crippen LogP contribution in [0.1, 0.15) is 22.3 Å². The number of nitrogens with zero attached hydrogens (tertiary/aromatic N) is 3. The molecule has 0 aliphatic carbocycles. The van der Waals surface area contributed by atoms with Gasteiger partial charge in [-0.05, 0) is 17.5 Å². The van der Waals surface area contributed by atoms with Gasteiger partial charge in [-0.15, -0.1) is 11.3 Å². The molecule has 0 N–H and O–H groups in total. The maximum absolute atomic E-state index is 5.60. The topological polar surface area (TPSA) is 30.3 Å². The molecule has 5 heteroatoms. The lowest BCUT2D eigenvalue weighted by atomic mass is 10.0. The molecule has 2 aromatic heterocycles. The highest BCUT2D eigenvalue weighted by molar-refractivity contribution is 7.09. The normalized spacial score (nSPS) is 17.9. The SMILES string of the molecule is COc1ccccc1C1Cn2ccnc2CN1Cc1cccs1. The first-order valence-electron chi connectivity index (χ1n) is 7.74. The van der Waals surface area contributed by atoms with E-state index in [0.29, 0.717) is 0 Å². The van der Waals surface area contributed by atoms with Gasteiger partial charge in [-0.25, -0.2) is 4.98 Å². The summed E-state index contributed by atoms with van der Waals surface area (Å²) in [5.41, 5.74) is 1.24. The molecule has 1 aromatic carbocycles.